The molecule has 0 amide bonds. The molecule has 0 fully saturated rings. The third-order valence-corrected chi connectivity index (χ3v) is 4.75. The summed E-state index contributed by atoms with van der Waals surface area (Å²) < 4.78 is 26.3. The maximum atomic E-state index is 13.3. The lowest BCUT2D eigenvalue weighted by atomic mass is 10.1. The average Bonchev–Trinajstić information content (AvgIpc) is 2.83. The van der Waals surface area contributed by atoms with Gasteiger partial charge in [-0.25, -0.2) is 18.7 Å². The van der Waals surface area contributed by atoms with E-state index >= 15 is 0 Å². The first-order chi connectivity index (χ1) is 11.0. The number of aryl methyl sites for hydroxylation is 2. The Morgan fingerprint density at radius 3 is 2.70 bits per heavy atom. The van der Waals surface area contributed by atoms with Crippen LogP contribution < -0.4 is 5.43 Å². The summed E-state index contributed by atoms with van der Waals surface area (Å²) in [6, 6.07) is 3.68. The van der Waals surface area contributed by atoms with E-state index in [1.807, 2.05) is 13.8 Å². The molecule has 1 aromatic carbocycles. The van der Waals surface area contributed by atoms with E-state index in [9.17, 15) is 8.78 Å². The average molecular weight is 332 g/mol. The number of rotatable bonds is 3. The Balaban J connectivity index is 1.94. The van der Waals surface area contributed by atoms with Gasteiger partial charge in [-0.3, -0.25) is 5.43 Å². The Morgan fingerprint density at radius 1 is 1.17 bits per heavy atom. The zero-order valence-corrected chi connectivity index (χ0v) is 13.6. The van der Waals surface area contributed by atoms with Crippen molar-refractivity contribution in [1.29, 1.82) is 0 Å². The number of aromatic nitrogens is 2. The van der Waals surface area contributed by atoms with Crippen LogP contribution in [0, 0.1) is 25.5 Å². The van der Waals surface area contributed by atoms with Crippen molar-refractivity contribution >= 4 is 33.1 Å². The molecule has 23 heavy (non-hydrogen) atoms. The predicted molar refractivity (Wildman–Crippen MR) is 89.1 cm³/mol. The second-order valence-electron chi connectivity index (χ2n) is 5.12. The lowest BCUT2D eigenvalue weighted by molar-refractivity contribution is 0.508. The Kier molecular flexibility index (Phi) is 4.04. The highest BCUT2D eigenvalue weighted by molar-refractivity contribution is 7.18. The minimum atomic E-state index is -0.897. The van der Waals surface area contributed by atoms with Gasteiger partial charge < -0.3 is 0 Å². The molecule has 0 bridgehead atoms. The van der Waals surface area contributed by atoms with Gasteiger partial charge in [0.1, 0.15) is 11.2 Å². The van der Waals surface area contributed by atoms with Gasteiger partial charge in [-0.2, -0.15) is 5.10 Å². The highest BCUT2D eigenvalue weighted by Gasteiger charge is 2.11. The number of anilines is 1. The quantitative estimate of drug-likeness (QED) is 0.570. The van der Waals surface area contributed by atoms with Crippen molar-refractivity contribution in [2.24, 2.45) is 5.10 Å². The van der Waals surface area contributed by atoms with E-state index in [4.69, 9.17) is 0 Å². The van der Waals surface area contributed by atoms with Gasteiger partial charge in [0.25, 0.3) is 0 Å². The van der Waals surface area contributed by atoms with Crippen molar-refractivity contribution in [3.8, 4) is 0 Å². The zero-order valence-electron chi connectivity index (χ0n) is 12.8. The van der Waals surface area contributed by atoms with Crippen molar-refractivity contribution in [3.63, 3.8) is 0 Å². The predicted octanol–water partition coefficient (Wildman–Crippen LogP) is 4.42. The molecule has 7 heteroatoms. The molecule has 0 saturated carbocycles. The largest absolute Gasteiger partial charge is 0.260 e. The number of thiophene rings is 1. The Bertz CT molecular complexity index is 918. The minimum Gasteiger partial charge on any atom is -0.260 e. The fourth-order valence-corrected chi connectivity index (χ4v) is 3.19. The van der Waals surface area contributed by atoms with Crippen molar-refractivity contribution in [2.75, 3.05) is 5.43 Å². The van der Waals surface area contributed by atoms with Gasteiger partial charge in [0.2, 0.25) is 0 Å². The molecule has 0 atom stereocenters. The lowest BCUT2D eigenvalue weighted by Crippen LogP contribution is -2.02. The number of benzene rings is 1. The van der Waals surface area contributed by atoms with Gasteiger partial charge in [0.05, 0.1) is 11.1 Å². The number of hydrazone groups is 1. The summed E-state index contributed by atoms with van der Waals surface area (Å²) in [5.74, 6) is -1.18. The van der Waals surface area contributed by atoms with E-state index in [1.54, 1.807) is 18.3 Å². The standard InChI is InChI=1S/C16H14F2N4S/c1-8-10(3)23-16-14(8)15(19-7-20-16)22-21-9(2)11-4-5-12(17)13(18)6-11/h4-7H,1-3H3,(H,19,20,22)/b21-9+. The highest BCUT2D eigenvalue weighted by atomic mass is 32.1. The van der Waals surface area contributed by atoms with Gasteiger partial charge >= 0.3 is 0 Å². The van der Waals surface area contributed by atoms with Crippen molar-refractivity contribution < 1.29 is 8.78 Å². The lowest BCUT2D eigenvalue weighted by Gasteiger charge is -2.05. The van der Waals surface area contributed by atoms with Crippen LogP contribution in [0.4, 0.5) is 14.6 Å². The molecule has 0 unspecified atom stereocenters. The van der Waals surface area contributed by atoms with E-state index in [1.165, 1.54) is 17.3 Å². The second kappa shape index (κ2) is 6.00. The summed E-state index contributed by atoms with van der Waals surface area (Å²) >= 11 is 1.60. The molecule has 4 nitrogen and oxygen atoms in total. The van der Waals surface area contributed by atoms with Gasteiger partial charge in [-0.1, -0.05) is 0 Å². The van der Waals surface area contributed by atoms with E-state index in [0.717, 1.165) is 27.9 Å². The van der Waals surface area contributed by atoms with E-state index < -0.39 is 11.6 Å². The van der Waals surface area contributed by atoms with E-state index in [-0.39, 0.29) is 0 Å². The summed E-state index contributed by atoms with van der Waals surface area (Å²) in [6.45, 7) is 5.75. The molecule has 0 radical (unpaired) electrons. The van der Waals surface area contributed by atoms with Crippen LogP contribution in [-0.2, 0) is 0 Å². The summed E-state index contributed by atoms with van der Waals surface area (Å²) in [5, 5.41) is 5.16. The molecular weight excluding hydrogens is 318 g/mol. The van der Waals surface area contributed by atoms with Gasteiger partial charge in [-0.05, 0) is 44.5 Å². The monoisotopic (exact) mass is 332 g/mol. The maximum absolute atomic E-state index is 13.3. The molecule has 1 N–H and O–H groups in total. The Labute approximate surface area is 135 Å². The number of halogens is 2. The minimum absolute atomic E-state index is 0.500. The number of nitrogens with one attached hydrogen (secondary N) is 1. The van der Waals surface area contributed by atoms with Crippen LogP contribution in [0.5, 0.6) is 0 Å². The number of hydrogen-bond acceptors (Lipinski definition) is 5. The Hall–Kier alpha value is -2.41. The van der Waals surface area contributed by atoms with Gasteiger partial charge in [0, 0.05) is 10.4 Å². The van der Waals surface area contributed by atoms with Crippen molar-refractivity contribution in [3.05, 3.63) is 52.2 Å². The van der Waals surface area contributed by atoms with Gasteiger partial charge in [-0.15, -0.1) is 11.3 Å². The summed E-state index contributed by atoms with van der Waals surface area (Å²) in [5.41, 5.74) is 5.03. The first kappa shape index (κ1) is 15.5. The molecule has 118 valence electrons. The Morgan fingerprint density at radius 2 is 1.96 bits per heavy atom. The van der Waals surface area contributed by atoms with Crippen LogP contribution >= 0.6 is 11.3 Å². The van der Waals surface area contributed by atoms with Crippen molar-refractivity contribution in [1.82, 2.24) is 9.97 Å². The van der Waals surface area contributed by atoms with Gasteiger partial charge in [0.15, 0.2) is 17.5 Å². The number of nitrogens with zero attached hydrogens (tertiary/aromatic N) is 3. The molecule has 0 aliphatic carbocycles. The number of fused-ring (bicyclic) bond motifs is 1. The molecule has 2 heterocycles. The van der Waals surface area contributed by atoms with Crippen LogP contribution in [-0.4, -0.2) is 15.7 Å². The van der Waals surface area contributed by atoms with E-state index in [2.05, 4.69) is 20.5 Å². The summed E-state index contributed by atoms with van der Waals surface area (Å²) in [7, 11) is 0. The second-order valence-corrected chi connectivity index (χ2v) is 6.33. The zero-order chi connectivity index (χ0) is 16.6. The maximum Gasteiger partial charge on any atom is 0.159 e. The summed E-state index contributed by atoms with van der Waals surface area (Å²) in [4.78, 5) is 10.5. The molecule has 3 rings (SSSR count). The topological polar surface area (TPSA) is 50.2 Å². The van der Waals surface area contributed by atoms with Crippen LogP contribution in [0.3, 0.4) is 0 Å². The van der Waals surface area contributed by atoms with Crippen molar-refractivity contribution in [2.45, 2.75) is 20.8 Å². The normalized spacial score (nSPS) is 12.0. The van der Waals surface area contributed by atoms with Crippen LogP contribution in [0.1, 0.15) is 22.9 Å². The van der Waals surface area contributed by atoms with E-state index in [0.29, 0.717) is 17.1 Å². The first-order valence-corrected chi connectivity index (χ1v) is 7.75. The number of hydrogen-bond donors (Lipinski definition) is 1. The SMILES string of the molecule is C/C(=N\Nc1ncnc2sc(C)c(C)c12)c1ccc(F)c(F)c1. The van der Waals surface area contributed by atoms with Crippen LogP contribution in [0.2, 0.25) is 0 Å². The summed E-state index contributed by atoms with van der Waals surface area (Å²) in [6.07, 6.45) is 1.47. The van der Waals surface area contributed by atoms with Crippen LogP contribution in [0.25, 0.3) is 10.2 Å². The molecule has 0 aliphatic rings. The first-order valence-electron chi connectivity index (χ1n) is 6.94. The molecule has 0 spiro atoms. The third-order valence-electron chi connectivity index (χ3n) is 3.63. The fourth-order valence-electron chi connectivity index (χ4n) is 2.19. The third kappa shape index (κ3) is 2.92. The molecule has 0 saturated heterocycles. The van der Waals surface area contributed by atoms with Crippen LogP contribution in [0.15, 0.2) is 29.6 Å². The molecular formula is C16H14F2N4S. The molecule has 2 aromatic heterocycles. The molecule has 0 aliphatic heterocycles. The smallest absolute Gasteiger partial charge is 0.159 e. The highest BCUT2D eigenvalue weighted by Crippen LogP contribution is 2.32. The molecule has 3 aromatic rings. The fraction of sp³-hybridized carbons (Fsp3) is 0.188.